The minimum absolute atomic E-state index is 0.0103. The topological polar surface area (TPSA) is 87.3 Å². The van der Waals surface area contributed by atoms with E-state index in [2.05, 4.69) is 47.2 Å². The van der Waals surface area contributed by atoms with E-state index >= 15 is 0 Å². The van der Waals surface area contributed by atoms with Gasteiger partial charge in [-0.15, -0.1) is 5.10 Å². The lowest BCUT2D eigenvalue weighted by Crippen LogP contribution is -2.34. The lowest BCUT2D eigenvalue weighted by molar-refractivity contribution is 0.169. The van der Waals surface area contributed by atoms with Crippen molar-refractivity contribution in [3.63, 3.8) is 0 Å². The van der Waals surface area contributed by atoms with E-state index in [1.54, 1.807) is 13.1 Å². The monoisotopic (exact) mass is 359 g/mol. The number of hydrogen-bond donors (Lipinski definition) is 2. The summed E-state index contributed by atoms with van der Waals surface area (Å²) in [5.41, 5.74) is 3.11. The number of piperidine rings is 1. The van der Waals surface area contributed by atoms with Gasteiger partial charge >= 0.3 is 0 Å². The summed E-state index contributed by atoms with van der Waals surface area (Å²) in [6.07, 6.45) is 5.71. The Balaban J connectivity index is 1.65. The maximum Gasteiger partial charge on any atom is 0.141 e. The van der Waals surface area contributed by atoms with Crippen molar-refractivity contribution in [1.82, 2.24) is 24.9 Å². The fraction of sp³-hybridized carbons (Fsp3) is 0.632. The minimum atomic E-state index is -0.110. The minimum Gasteiger partial charge on any atom is -0.506 e. The zero-order chi connectivity index (χ0) is 18.9. The quantitative estimate of drug-likeness (QED) is 0.871. The number of aromatic nitrogens is 4. The van der Waals surface area contributed by atoms with E-state index in [1.807, 2.05) is 4.68 Å². The van der Waals surface area contributed by atoms with Crippen LogP contribution in [0.5, 0.6) is 5.75 Å². The first-order valence-corrected chi connectivity index (χ1v) is 9.21. The molecule has 7 heteroatoms. The lowest BCUT2D eigenvalue weighted by atomic mass is 9.93. The van der Waals surface area contributed by atoms with Gasteiger partial charge in [-0.2, -0.15) is 0 Å². The largest absolute Gasteiger partial charge is 0.506 e. The number of aliphatic hydroxyl groups is 1. The third-order valence-electron chi connectivity index (χ3n) is 5.19. The van der Waals surface area contributed by atoms with E-state index in [1.165, 1.54) is 0 Å². The van der Waals surface area contributed by atoms with Gasteiger partial charge in [-0.1, -0.05) is 26.0 Å². The van der Waals surface area contributed by atoms with Gasteiger partial charge in [0.1, 0.15) is 5.75 Å². The lowest BCUT2D eigenvalue weighted by Gasteiger charge is -2.32. The molecule has 2 aromatic rings. The van der Waals surface area contributed by atoms with Crippen molar-refractivity contribution >= 4 is 0 Å². The Kier molecular flexibility index (Phi) is 5.29. The highest BCUT2D eigenvalue weighted by Crippen LogP contribution is 2.29. The number of pyridine rings is 1. The molecule has 0 radical (unpaired) electrons. The summed E-state index contributed by atoms with van der Waals surface area (Å²) < 4.78 is 2.01. The predicted molar refractivity (Wildman–Crippen MR) is 98.8 cm³/mol. The molecule has 3 rings (SSSR count). The molecule has 0 spiro atoms. The van der Waals surface area contributed by atoms with Crippen molar-refractivity contribution in [3.8, 4) is 5.75 Å². The average molecular weight is 359 g/mol. The molecule has 1 aliphatic rings. The Labute approximate surface area is 154 Å². The van der Waals surface area contributed by atoms with E-state index in [0.29, 0.717) is 23.8 Å². The van der Waals surface area contributed by atoms with Crippen LogP contribution in [0.4, 0.5) is 0 Å². The maximum absolute atomic E-state index is 10.3. The van der Waals surface area contributed by atoms with Gasteiger partial charge in [-0.25, -0.2) is 4.68 Å². The first-order valence-electron chi connectivity index (χ1n) is 9.21. The van der Waals surface area contributed by atoms with E-state index in [4.69, 9.17) is 0 Å². The Bertz CT molecular complexity index is 758. The number of hydrogen-bond acceptors (Lipinski definition) is 6. The summed E-state index contributed by atoms with van der Waals surface area (Å²) >= 11 is 0. The molecule has 7 nitrogen and oxygen atoms in total. The molecule has 0 saturated carbocycles. The smallest absolute Gasteiger partial charge is 0.141 e. The zero-order valence-corrected chi connectivity index (χ0v) is 16.1. The summed E-state index contributed by atoms with van der Waals surface area (Å²) in [4.78, 5) is 6.44. The first-order chi connectivity index (χ1) is 12.3. The van der Waals surface area contributed by atoms with Crippen LogP contribution in [0, 0.1) is 6.92 Å². The molecule has 0 amide bonds. The summed E-state index contributed by atoms with van der Waals surface area (Å²) in [6, 6.07) is 0.361. The van der Waals surface area contributed by atoms with Crippen LogP contribution in [0.2, 0.25) is 0 Å². The van der Waals surface area contributed by atoms with Crippen molar-refractivity contribution in [2.45, 2.75) is 65.1 Å². The number of aromatic hydroxyl groups is 1. The van der Waals surface area contributed by atoms with Crippen LogP contribution >= 0.6 is 0 Å². The van der Waals surface area contributed by atoms with E-state index in [0.717, 1.165) is 37.2 Å². The zero-order valence-electron chi connectivity index (χ0n) is 16.1. The standard InChI is InChI=1S/C19H29N5O2/c1-13-18(26)16(14(12-25)9-20-13)10-23-7-5-15(6-8-23)24-11-17(21-22-24)19(2,3)4/h9,11,15,25-26H,5-8,10,12H2,1-4H3. The van der Waals surface area contributed by atoms with Crippen LogP contribution in [-0.4, -0.2) is 48.2 Å². The molecule has 0 aromatic carbocycles. The molecular formula is C19H29N5O2. The second-order valence-corrected chi connectivity index (χ2v) is 8.20. The molecule has 3 heterocycles. The van der Waals surface area contributed by atoms with Crippen molar-refractivity contribution < 1.29 is 10.2 Å². The van der Waals surface area contributed by atoms with Crippen LogP contribution in [-0.2, 0) is 18.6 Å². The van der Waals surface area contributed by atoms with Crippen molar-refractivity contribution in [2.24, 2.45) is 0 Å². The highest BCUT2D eigenvalue weighted by Gasteiger charge is 2.25. The molecule has 2 aromatic heterocycles. The number of likely N-dealkylation sites (tertiary alicyclic amines) is 1. The summed E-state index contributed by atoms with van der Waals surface area (Å²) in [5, 5.41) is 28.5. The Morgan fingerprint density at radius 3 is 2.50 bits per heavy atom. The van der Waals surface area contributed by atoms with Gasteiger partial charge in [0, 0.05) is 48.6 Å². The summed E-state index contributed by atoms with van der Waals surface area (Å²) in [6.45, 7) is 10.6. The van der Waals surface area contributed by atoms with Gasteiger partial charge in [0.15, 0.2) is 0 Å². The highest BCUT2D eigenvalue weighted by atomic mass is 16.3. The second kappa shape index (κ2) is 7.32. The fourth-order valence-electron chi connectivity index (χ4n) is 3.36. The third kappa shape index (κ3) is 3.88. The van der Waals surface area contributed by atoms with Crippen LogP contribution < -0.4 is 0 Å². The molecule has 0 aliphatic carbocycles. The van der Waals surface area contributed by atoms with Crippen LogP contribution in [0.1, 0.15) is 62.2 Å². The molecule has 0 atom stereocenters. The van der Waals surface area contributed by atoms with Gasteiger partial charge in [0.25, 0.3) is 0 Å². The molecule has 0 bridgehead atoms. The van der Waals surface area contributed by atoms with E-state index in [9.17, 15) is 10.2 Å². The molecule has 1 fully saturated rings. The van der Waals surface area contributed by atoms with Gasteiger partial charge < -0.3 is 10.2 Å². The van der Waals surface area contributed by atoms with Crippen molar-refractivity contribution in [3.05, 3.63) is 34.9 Å². The van der Waals surface area contributed by atoms with Crippen LogP contribution in [0.15, 0.2) is 12.4 Å². The third-order valence-corrected chi connectivity index (χ3v) is 5.19. The molecule has 2 N–H and O–H groups in total. The van der Waals surface area contributed by atoms with Gasteiger partial charge in [0.2, 0.25) is 0 Å². The molecule has 0 unspecified atom stereocenters. The molecular weight excluding hydrogens is 330 g/mol. The molecule has 26 heavy (non-hydrogen) atoms. The van der Waals surface area contributed by atoms with Crippen LogP contribution in [0.3, 0.4) is 0 Å². The summed E-state index contributed by atoms with van der Waals surface area (Å²) in [5.74, 6) is 0.199. The number of nitrogens with zero attached hydrogens (tertiary/aromatic N) is 5. The molecule has 142 valence electrons. The van der Waals surface area contributed by atoms with Gasteiger partial charge in [0.05, 0.1) is 24.0 Å². The SMILES string of the molecule is Cc1ncc(CO)c(CN2CCC(n3cc(C(C)(C)C)nn3)CC2)c1O. The first kappa shape index (κ1) is 18.8. The number of aryl methyl sites for hydroxylation is 1. The van der Waals surface area contributed by atoms with Crippen molar-refractivity contribution in [2.75, 3.05) is 13.1 Å². The fourth-order valence-corrected chi connectivity index (χ4v) is 3.36. The van der Waals surface area contributed by atoms with Crippen LogP contribution in [0.25, 0.3) is 0 Å². The highest BCUT2D eigenvalue weighted by molar-refractivity contribution is 5.40. The second-order valence-electron chi connectivity index (χ2n) is 8.20. The average Bonchev–Trinajstić information content (AvgIpc) is 3.10. The van der Waals surface area contributed by atoms with E-state index in [-0.39, 0.29) is 17.8 Å². The van der Waals surface area contributed by atoms with Crippen molar-refractivity contribution in [1.29, 1.82) is 0 Å². The van der Waals surface area contributed by atoms with E-state index < -0.39 is 0 Å². The Morgan fingerprint density at radius 2 is 1.92 bits per heavy atom. The molecule has 1 aliphatic heterocycles. The normalized spacial score (nSPS) is 17.0. The Morgan fingerprint density at radius 1 is 1.23 bits per heavy atom. The summed E-state index contributed by atoms with van der Waals surface area (Å²) in [7, 11) is 0. The predicted octanol–water partition coefficient (Wildman–Crippen LogP) is 2.31. The number of aliphatic hydroxyl groups excluding tert-OH is 1. The van der Waals surface area contributed by atoms with Gasteiger partial charge in [-0.3, -0.25) is 9.88 Å². The van der Waals surface area contributed by atoms with Gasteiger partial charge in [-0.05, 0) is 19.8 Å². The molecule has 1 saturated heterocycles. The number of rotatable bonds is 4. The maximum atomic E-state index is 10.3. The Hall–Kier alpha value is -1.99.